The number of aryl methyl sites for hydroxylation is 2. The minimum Gasteiger partial charge on any atom is -0.496 e. The Morgan fingerprint density at radius 3 is 2.96 bits per heavy atom. The van der Waals surface area contributed by atoms with E-state index >= 15 is 0 Å². The zero-order valence-electron chi connectivity index (χ0n) is 16.6. The molecule has 1 aliphatic rings. The van der Waals surface area contributed by atoms with E-state index in [0.717, 1.165) is 36.5 Å². The number of benzene rings is 1. The van der Waals surface area contributed by atoms with Gasteiger partial charge in [0.05, 0.1) is 13.7 Å². The standard InChI is InChI=1S/C21H28N4O3/c1-3-19-22-12-14-24(19)13-6-11-23-21(27)17-9-10-20(26)25(17)15-16-7-4-5-8-18(16)28-2/h4-5,7-8,12,14,17H,3,6,9-11,13,15H2,1-2H3,(H,23,27)/t17-/m0/s1. The van der Waals surface area contributed by atoms with Gasteiger partial charge >= 0.3 is 0 Å². The Balaban J connectivity index is 1.54. The second-order valence-electron chi connectivity index (χ2n) is 6.92. The van der Waals surface area contributed by atoms with E-state index in [1.807, 2.05) is 30.5 Å². The number of aromatic nitrogens is 2. The largest absolute Gasteiger partial charge is 0.496 e. The predicted molar refractivity (Wildman–Crippen MR) is 106 cm³/mol. The van der Waals surface area contributed by atoms with E-state index in [1.54, 1.807) is 18.2 Å². The van der Waals surface area contributed by atoms with Crippen LogP contribution in [0.4, 0.5) is 0 Å². The number of ether oxygens (including phenoxy) is 1. The van der Waals surface area contributed by atoms with Crippen LogP contribution in [-0.4, -0.2) is 46.0 Å². The van der Waals surface area contributed by atoms with Crippen LogP contribution in [0, 0.1) is 0 Å². The lowest BCUT2D eigenvalue weighted by atomic mass is 10.1. The zero-order chi connectivity index (χ0) is 19.9. The summed E-state index contributed by atoms with van der Waals surface area (Å²) in [5.74, 6) is 1.71. The van der Waals surface area contributed by atoms with Crippen LogP contribution in [-0.2, 0) is 29.1 Å². The molecule has 0 spiro atoms. The van der Waals surface area contributed by atoms with E-state index in [2.05, 4.69) is 21.8 Å². The number of likely N-dealkylation sites (tertiary alicyclic amines) is 1. The van der Waals surface area contributed by atoms with E-state index in [1.165, 1.54) is 0 Å². The van der Waals surface area contributed by atoms with Crippen molar-refractivity contribution >= 4 is 11.8 Å². The second-order valence-corrected chi connectivity index (χ2v) is 6.92. The van der Waals surface area contributed by atoms with Gasteiger partial charge in [-0.3, -0.25) is 9.59 Å². The highest BCUT2D eigenvalue weighted by Crippen LogP contribution is 2.25. The molecule has 1 fully saturated rings. The van der Waals surface area contributed by atoms with Crippen molar-refractivity contribution in [2.75, 3.05) is 13.7 Å². The number of amides is 2. The molecule has 3 rings (SSSR count). The molecule has 1 aliphatic heterocycles. The molecule has 0 radical (unpaired) electrons. The number of imidazole rings is 1. The number of nitrogens with one attached hydrogen (secondary N) is 1. The third kappa shape index (κ3) is 4.52. The number of nitrogens with zero attached hydrogens (tertiary/aromatic N) is 3. The minimum atomic E-state index is -0.420. The van der Waals surface area contributed by atoms with Gasteiger partial charge in [0.25, 0.3) is 0 Å². The van der Waals surface area contributed by atoms with Crippen molar-refractivity contribution in [3.63, 3.8) is 0 Å². The van der Waals surface area contributed by atoms with Crippen LogP contribution in [0.25, 0.3) is 0 Å². The molecule has 1 atom stereocenters. The molecule has 28 heavy (non-hydrogen) atoms. The molecule has 7 heteroatoms. The lowest BCUT2D eigenvalue weighted by Gasteiger charge is -2.25. The van der Waals surface area contributed by atoms with Gasteiger partial charge in [-0.1, -0.05) is 25.1 Å². The lowest BCUT2D eigenvalue weighted by molar-refractivity contribution is -0.135. The Labute approximate surface area is 165 Å². The van der Waals surface area contributed by atoms with Crippen LogP contribution in [0.2, 0.25) is 0 Å². The third-order valence-corrected chi connectivity index (χ3v) is 5.16. The normalized spacial score (nSPS) is 16.4. The maximum atomic E-state index is 12.7. The van der Waals surface area contributed by atoms with E-state index in [9.17, 15) is 9.59 Å². The molecule has 2 amide bonds. The number of hydrogen-bond acceptors (Lipinski definition) is 4. The van der Waals surface area contributed by atoms with Gasteiger partial charge in [-0.2, -0.15) is 0 Å². The Kier molecular flexibility index (Phi) is 6.68. The Hall–Kier alpha value is -2.83. The van der Waals surface area contributed by atoms with Gasteiger partial charge in [-0.05, 0) is 18.9 Å². The highest BCUT2D eigenvalue weighted by Gasteiger charge is 2.36. The molecule has 1 aromatic heterocycles. The summed E-state index contributed by atoms with van der Waals surface area (Å²) in [5.41, 5.74) is 0.908. The lowest BCUT2D eigenvalue weighted by Crippen LogP contribution is -2.44. The summed E-state index contributed by atoms with van der Waals surface area (Å²) in [7, 11) is 1.61. The Morgan fingerprint density at radius 1 is 1.36 bits per heavy atom. The number of rotatable bonds is 9. The Morgan fingerprint density at radius 2 is 2.18 bits per heavy atom. The summed E-state index contributed by atoms with van der Waals surface area (Å²) >= 11 is 0. The average Bonchev–Trinajstić information content (AvgIpc) is 3.32. The number of methoxy groups -OCH3 is 1. The first-order chi connectivity index (χ1) is 13.6. The smallest absolute Gasteiger partial charge is 0.242 e. The number of carbonyl (C=O) groups is 2. The molecule has 1 N–H and O–H groups in total. The van der Waals surface area contributed by atoms with Gasteiger partial charge in [0.15, 0.2) is 0 Å². The van der Waals surface area contributed by atoms with Gasteiger partial charge in [-0.25, -0.2) is 4.98 Å². The fourth-order valence-electron chi connectivity index (χ4n) is 3.66. The van der Waals surface area contributed by atoms with Gasteiger partial charge in [0.1, 0.15) is 17.6 Å². The van der Waals surface area contributed by atoms with Crippen LogP contribution in [0.5, 0.6) is 5.75 Å². The minimum absolute atomic E-state index is 0.0112. The maximum Gasteiger partial charge on any atom is 0.242 e. The first kappa shape index (κ1) is 19.9. The molecule has 150 valence electrons. The summed E-state index contributed by atoms with van der Waals surface area (Å²) in [4.78, 5) is 31.0. The van der Waals surface area contributed by atoms with Crippen molar-refractivity contribution in [2.24, 2.45) is 0 Å². The molecule has 2 aromatic rings. The van der Waals surface area contributed by atoms with Crippen LogP contribution in [0.3, 0.4) is 0 Å². The molecule has 0 bridgehead atoms. The highest BCUT2D eigenvalue weighted by atomic mass is 16.5. The third-order valence-electron chi connectivity index (χ3n) is 5.16. The zero-order valence-corrected chi connectivity index (χ0v) is 16.6. The van der Waals surface area contributed by atoms with Gasteiger partial charge < -0.3 is 19.5 Å². The summed E-state index contributed by atoms with van der Waals surface area (Å²) in [6, 6.07) is 7.18. The first-order valence-electron chi connectivity index (χ1n) is 9.83. The van der Waals surface area contributed by atoms with Crippen molar-refractivity contribution in [2.45, 2.75) is 51.7 Å². The molecule has 0 unspecified atom stereocenters. The van der Waals surface area contributed by atoms with Crippen molar-refractivity contribution in [1.29, 1.82) is 0 Å². The van der Waals surface area contributed by atoms with E-state index in [0.29, 0.717) is 25.9 Å². The highest BCUT2D eigenvalue weighted by molar-refractivity contribution is 5.90. The summed E-state index contributed by atoms with van der Waals surface area (Å²) < 4.78 is 7.48. The van der Waals surface area contributed by atoms with Crippen molar-refractivity contribution in [1.82, 2.24) is 19.8 Å². The maximum absolute atomic E-state index is 12.7. The fraction of sp³-hybridized carbons (Fsp3) is 0.476. The summed E-state index contributed by atoms with van der Waals surface area (Å²) in [5, 5.41) is 2.99. The first-order valence-corrected chi connectivity index (χ1v) is 9.83. The molecule has 0 saturated carbocycles. The van der Waals surface area contributed by atoms with Crippen LogP contribution < -0.4 is 10.1 Å². The van der Waals surface area contributed by atoms with Gasteiger partial charge in [-0.15, -0.1) is 0 Å². The van der Waals surface area contributed by atoms with E-state index in [-0.39, 0.29) is 11.8 Å². The summed E-state index contributed by atoms with van der Waals surface area (Å²) in [6.07, 6.45) is 6.44. The quantitative estimate of drug-likeness (QED) is 0.672. The molecule has 1 aromatic carbocycles. The number of para-hydroxylation sites is 1. The molecule has 1 saturated heterocycles. The summed E-state index contributed by atoms with van der Waals surface area (Å²) in [6.45, 7) is 3.86. The molecule has 7 nitrogen and oxygen atoms in total. The van der Waals surface area contributed by atoms with Crippen molar-refractivity contribution < 1.29 is 14.3 Å². The van der Waals surface area contributed by atoms with Crippen LogP contribution in [0.1, 0.15) is 37.6 Å². The Bertz CT molecular complexity index is 817. The number of carbonyl (C=O) groups excluding carboxylic acids is 2. The van der Waals surface area contributed by atoms with Crippen LogP contribution in [0.15, 0.2) is 36.7 Å². The van der Waals surface area contributed by atoms with Crippen molar-refractivity contribution in [3.05, 3.63) is 48.0 Å². The van der Waals surface area contributed by atoms with E-state index < -0.39 is 6.04 Å². The predicted octanol–water partition coefficient (Wildman–Crippen LogP) is 2.15. The molecule has 2 heterocycles. The fourth-order valence-corrected chi connectivity index (χ4v) is 3.66. The van der Waals surface area contributed by atoms with Gasteiger partial charge in [0, 0.05) is 43.9 Å². The van der Waals surface area contributed by atoms with Crippen LogP contribution >= 0.6 is 0 Å². The van der Waals surface area contributed by atoms with Gasteiger partial charge in [0.2, 0.25) is 11.8 Å². The van der Waals surface area contributed by atoms with E-state index in [4.69, 9.17) is 4.74 Å². The molecular weight excluding hydrogens is 356 g/mol. The molecule has 0 aliphatic carbocycles. The number of hydrogen-bond donors (Lipinski definition) is 1. The second kappa shape index (κ2) is 9.39. The average molecular weight is 384 g/mol. The monoisotopic (exact) mass is 384 g/mol. The van der Waals surface area contributed by atoms with Crippen molar-refractivity contribution in [3.8, 4) is 5.75 Å². The SMILES string of the molecule is CCc1nccn1CCCNC(=O)[C@@H]1CCC(=O)N1Cc1ccccc1OC. The molecular formula is C21H28N4O3. The topological polar surface area (TPSA) is 76.5 Å².